The van der Waals surface area contributed by atoms with Crippen LogP contribution in [0.5, 0.6) is 0 Å². The van der Waals surface area contributed by atoms with Crippen molar-refractivity contribution in [2.24, 2.45) is 5.92 Å². The van der Waals surface area contributed by atoms with Crippen LogP contribution in [0, 0.1) is 5.92 Å². The average Bonchev–Trinajstić information content (AvgIpc) is 2.77. The van der Waals surface area contributed by atoms with Crippen LogP contribution >= 0.6 is 0 Å². The Bertz CT molecular complexity index is 256. The molecule has 1 heterocycles. The number of nitrogens with zero attached hydrogens (tertiary/aromatic N) is 1. The van der Waals surface area contributed by atoms with Crippen LogP contribution < -0.4 is 5.32 Å². The van der Waals surface area contributed by atoms with Gasteiger partial charge in [-0.2, -0.15) is 0 Å². The van der Waals surface area contributed by atoms with E-state index in [0.717, 1.165) is 19.5 Å². The molecular weight excluding hydrogens is 216 g/mol. The van der Waals surface area contributed by atoms with Crippen molar-refractivity contribution in [2.45, 2.75) is 26.3 Å². The molecule has 1 saturated heterocycles. The second kappa shape index (κ2) is 7.45. The summed E-state index contributed by atoms with van der Waals surface area (Å²) in [5, 5.41) is 3.32. The summed E-state index contributed by atoms with van der Waals surface area (Å²) in [5.41, 5.74) is 0. The Morgan fingerprint density at radius 3 is 2.88 bits per heavy atom. The summed E-state index contributed by atoms with van der Waals surface area (Å²) in [6.45, 7) is 11.3. The van der Waals surface area contributed by atoms with Crippen molar-refractivity contribution in [1.29, 1.82) is 0 Å². The van der Waals surface area contributed by atoms with Crippen molar-refractivity contribution in [1.82, 2.24) is 10.2 Å². The highest BCUT2D eigenvalue weighted by Gasteiger charge is 2.35. The quantitative estimate of drug-likeness (QED) is 0.676. The minimum absolute atomic E-state index is 0.0403. The van der Waals surface area contributed by atoms with Gasteiger partial charge in [0.15, 0.2) is 0 Å². The van der Waals surface area contributed by atoms with Gasteiger partial charge in [0.2, 0.25) is 5.91 Å². The molecule has 0 aromatic carbocycles. The monoisotopic (exact) mass is 240 g/mol. The fourth-order valence-electron chi connectivity index (χ4n) is 2.21. The summed E-state index contributed by atoms with van der Waals surface area (Å²) >= 11 is 0. The normalized spacial score (nSPS) is 23.6. The largest absolute Gasteiger partial charge is 0.379 e. The second-order valence-corrected chi connectivity index (χ2v) is 4.38. The van der Waals surface area contributed by atoms with Crippen molar-refractivity contribution >= 4 is 5.91 Å². The molecule has 1 rings (SSSR count). The standard InChI is InChI=1S/C13H24N2O2/c1-4-7-15(8-5-2)13(16)11-9-17-10-12(11)14-6-3/h4,11-12,14H,1,5-10H2,2-3H3. The number of hydrogen-bond acceptors (Lipinski definition) is 3. The van der Waals surface area contributed by atoms with Crippen molar-refractivity contribution in [3.63, 3.8) is 0 Å². The number of nitrogens with one attached hydrogen (secondary N) is 1. The zero-order valence-electron chi connectivity index (χ0n) is 10.9. The zero-order chi connectivity index (χ0) is 12.7. The van der Waals surface area contributed by atoms with E-state index in [-0.39, 0.29) is 17.9 Å². The molecule has 2 atom stereocenters. The Kier molecular flexibility index (Phi) is 6.22. The minimum Gasteiger partial charge on any atom is -0.379 e. The molecule has 17 heavy (non-hydrogen) atoms. The molecule has 2 unspecified atom stereocenters. The van der Waals surface area contributed by atoms with Crippen LogP contribution in [-0.2, 0) is 9.53 Å². The lowest BCUT2D eigenvalue weighted by molar-refractivity contribution is -0.135. The Labute approximate surface area is 104 Å². The van der Waals surface area contributed by atoms with Gasteiger partial charge in [0.25, 0.3) is 0 Å². The second-order valence-electron chi connectivity index (χ2n) is 4.38. The highest BCUT2D eigenvalue weighted by atomic mass is 16.5. The van der Waals surface area contributed by atoms with E-state index in [1.807, 2.05) is 11.8 Å². The summed E-state index contributed by atoms with van der Waals surface area (Å²) in [4.78, 5) is 14.2. The van der Waals surface area contributed by atoms with Gasteiger partial charge in [-0.3, -0.25) is 4.79 Å². The van der Waals surface area contributed by atoms with Crippen molar-refractivity contribution in [3.05, 3.63) is 12.7 Å². The lowest BCUT2D eigenvalue weighted by Gasteiger charge is -2.26. The van der Waals surface area contributed by atoms with Gasteiger partial charge < -0.3 is 15.0 Å². The van der Waals surface area contributed by atoms with Gasteiger partial charge in [-0.1, -0.05) is 19.9 Å². The highest BCUT2D eigenvalue weighted by Crippen LogP contribution is 2.17. The summed E-state index contributed by atoms with van der Waals surface area (Å²) in [7, 11) is 0. The van der Waals surface area contributed by atoms with Crippen molar-refractivity contribution in [3.8, 4) is 0 Å². The molecule has 1 fully saturated rings. The van der Waals surface area contributed by atoms with Crippen LogP contribution in [0.3, 0.4) is 0 Å². The number of carbonyl (C=O) groups is 1. The van der Waals surface area contributed by atoms with E-state index >= 15 is 0 Å². The fourth-order valence-corrected chi connectivity index (χ4v) is 2.21. The summed E-state index contributed by atoms with van der Waals surface area (Å²) < 4.78 is 5.41. The number of ether oxygens (including phenoxy) is 1. The number of rotatable bonds is 7. The predicted octanol–water partition coefficient (Wildman–Crippen LogP) is 1.04. The summed E-state index contributed by atoms with van der Waals surface area (Å²) in [5.74, 6) is 0.150. The van der Waals surface area contributed by atoms with Crippen LogP contribution in [-0.4, -0.2) is 49.7 Å². The molecule has 0 aromatic rings. The van der Waals surface area contributed by atoms with Crippen LogP contribution in [0.4, 0.5) is 0 Å². The Morgan fingerprint density at radius 1 is 1.53 bits per heavy atom. The molecular formula is C13H24N2O2. The van der Waals surface area contributed by atoms with Gasteiger partial charge in [-0.05, 0) is 13.0 Å². The fraction of sp³-hybridized carbons (Fsp3) is 0.769. The third kappa shape index (κ3) is 3.82. The maximum absolute atomic E-state index is 12.4. The predicted molar refractivity (Wildman–Crippen MR) is 68.8 cm³/mol. The van der Waals surface area contributed by atoms with Crippen LogP contribution in [0.1, 0.15) is 20.3 Å². The van der Waals surface area contributed by atoms with E-state index in [1.165, 1.54) is 0 Å². The molecule has 4 nitrogen and oxygen atoms in total. The zero-order valence-corrected chi connectivity index (χ0v) is 10.9. The van der Waals surface area contributed by atoms with E-state index in [4.69, 9.17) is 4.74 Å². The van der Waals surface area contributed by atoms with Crippen LogP contribution in [0.25, 0.3) is 0 Å². The molecule has 4 heteroatoms. The van der Waals surface area contributed by atoms with Gasteiger partial charge in [-0.25, -0.2) is 0 Å². The molecule has 98 valence electrons. The van der Waals surface area contributed by atoms with Crippen LogP contribution in [0.15, 0.2) is 12.7 Å². The van der Waals surface area contributed by atoms with Crippen molar-refractivity contribution in [2.75, 3.05) is 32.8 Å². The Balaban J connectivity index is 2.61. The van der Waals surface area contributed by atoms with Gasteiger partial charge >= 0.3 is 0 Å². The maximum Gasteiger partial charge on any atom is 0.229 e. The Hall–Kier alpha value is -0.870. The first-order valence-corrected chi connectivity index (χ1v) is 6.45. The number of likely N-dealkylation sites (N-methyl/N-ethyl adjacent to an activating group) is 1. The molecule has 1 amide bonds. The molecule has 0 aromatic heterocycles. The molecule has 0 spiro atoms. The minimum atomic E-state index is -0.0403. The first-order valence-electron chi connectivity index (χ1n) is 6.45. The lowest BCUT2D eigenvalue weighted by Crippen LogP contribution is -2.46. The molecule has 1 aliphatic rings. The SMILES string of the molecule is C=CCN(CCC)C(=O)C1COCC1NCC. The number of amides is 1. The van der Waals surface area contributed by atoms with E-state index in [9.17, 15) is 4.79 Å². The molecule has 0 radical (unpaired) electrons. The Morgan fingerprint density at radius 2 is 2.29 bits per heavy atom. The first kappa shape index (κ1) is 14.2. The van der Waals surface area contributed by atoms with E-state index in [2.05, 4.69) is 18.8 Å². The molecule has 0 saturated carbocycles. The van der Waals surface area contributed by atoms with Crippen LogP contribution in [0.2, 0.25) is 0 Å². The molecule has 0 aliphatic carbocycles. The van der Waals surface area contributed by atoms with E-state index < -0.39 is 0 Å². The topological polar surface area (TPSA) is 41.6 Å². The average molecular weight is 240 g/mol. The van der Waals surface area contributed by atoms with Crippen molar-refractivity contribution < 1.29 is 9.53 Å². The number of carbonyl (C=O) groups excluding carboxylic acids is 1. The summed E-state index contributed by atoms with van der Waals surface area (Å²) in [6, 6.07) is 0.164. The first-order chi connectivity index (χ1) is 8.24. The van der Waals surface area contributed by atoms with Gasteiger partial charge in [-0.15, -0.1) is 6.58 Å². The third-order valence-corrected chi connectivity index (χ3v) is 3.02. The maximum atomic E-state index is 12.4. The summed E-state index contributed by atoms with van der Waals surface area (Å²) in [6.07, 6.45) is 2.75. The highest BCUT2D eigenvalue weighted by molar-refractivity contribution is 5.80. The van der Waals surface area contributed by atoms with E-state index in [0.29, 0.717) is 19.8 Å². The van der Waals surface area contributed by atoms with Gasteiger partial charge in [0.1, 0.15) is 0 Å². The smallest absolute Gasteiger partial charge is 0.229 e. The lowest BCUT2D eigenvalue weighted by atomic mass is 10.0. The molecule has 1 aliphatic heterocycles. The number of hydrogen-bond donors (Lipinski definition) is 1. The molecule has 1 N–H and O–H groups in total. The van der Waals surface area contributed by atoms with Gasteiger partial charge in [0, 0.05) is 19.1 Å². The van der Waals surface area contributed by atoms with Gasteiger partial charge in [0.05, 0.1) is 19.1 Å². The molecule has 0 bridgehead atoms. The third-order valence-electron chi connectivity index (χ3n) is 3.02. The van der Waals surface area contributed by atoms with E-state index in [1.54, 1.807) is 6.08 Å².